The monoisotopic (exact) mass is 351 g/mol. The Labute approximate surface area is 144 Å². The molecule has 25 heavy (non-hydrogen) atoms. The largest absolute Gasteiger partial charge is 0.477 e. The topological polar surface area (TPSA) is 118 Å². The molecule has 1 aromatic heterocycles. The lowest BCUT2D eigenvalue weighted by Gasteiger charge is -2.28. The predicted octanol–water partition coefficient (Wildman–Crippen LogP) is 1.02. The van der Waals surface area contributed by atoms with Crippen molar-refractivity contribution in [2.75, 3.05) is 12.0 Å². The molecule has 2 amide bonds. The highest BCUT2D eigenvalue weighted by Crippen LogP contribution is 2.21. The maximum absolute atomic E-state index is 12.5. The van der Waals surface area contributed by atoms with Crippen molar-refractivity contribution in [1.29, 1.82) is 0 Å². The Balaban J connectivity index is 2.15. The Morgan fingerprint density at radius 2 is 2.00 bits per heavy atom. The van der Waals surface area contributed by atoms with E-state index in [0.717, 1.165) is 10.7 Å². The Kier molecular flexibility index (Phi) is 5.15. The molecule has 9 heteroatoms. The summed E-state index contributed by atoms with van der Waals surface area (Å²) in [5.41, 5.74) is 0.344. The third-order valence-corrected chi connectivity index (χ3v) is 3.59. The maximum atomic E-state index is 12.5. The van der Waals surface area contributed by atoms with Gasteiger partial charge in [-0.2, -0.15) is 0 Å². The molecule has 1 aliphatic heterocycles. The molecule has 1 saturated heterocycles. The lowest BCUT2D eigenvalue weighted by atomic mass is 10.2. The average molecular weight is 351 g/mol. The quantitative estimate of drug-likeness (QED) is 0.839. The minimum absolute atomic E-state index is 0.372. The molecule has 0 spiro atoms. The molecular weight excluding hydrogens is 330 g/mol. The highest BCUT2D eigenvalue weighted by molar-refractivity contribution is 5.92. The van der Waals surface area contributed by atoms with Crippen LogP contribution in [0.4, 0.5) is 4.79 Å². The molecule has 0 aromatic carbocycles. The van der Waals surface area contributed by atoms with Crippen molar-refractivity contribution in [2.24, 2.45) is 0 Å². The Morgan fingerprint density at radius 3 is 2.60 bits per heavy atom. The van der Waals surface area contributed by atoms with Crippen LogP contribution in [0.15, 0.2) is 23.1 Å². The SMILES string of the molecule is CC(C)(C)OC(=O)N1CCC[C@@H]1C(=O)Nn1cccc(C(=O)O)c1=O. The van der Waals surface area contributed by atoms with Crippen molar-refractivity contribution < 1.29 is 24.2 Å². The molecule has 1 fully saturated rings. The highest BCUT2D eigenvalue weighted by atomic mass is 16.6. The predicted molar refractivity (Wildman–Crippen MR) is 88.0 cm³/mol. The smallest absolute Gasteiger partial charge is 0.410 e. The fourth-order valence-electron chi connectivity index (χ4n) is 2.52. The van der Waals surface area contributed by atoms with E-state index in [0.29, 0.717) is 19.4 Å². The molecule has 9 nitrogen and oxygen atoms in total. The van der Waals surface area contributed by atoms with E-state index in [1.165, 1.54) is 17.2 Å². The van der Waals surface area contributed by atoms with E-state index in [1.807, 2.05) is 0 Å². The van der Waals surface area contributed by atoms with E-state index in [4.69, 9.17) is 9.84 Å². The van der Waals surface area contributed by atoms with Crippen LogP contribution >= 0.6 is 0 Å². The molecule has 0 saturated carbocycles. The van der Waals surface area contributed by atoms with E-state index in [2.05, 4.69) is 5.43 Å². The van der Waals surface area contributed by atoms with Crippen LogP contribution in [0.3, 0.4) is 0 Å². The van der Waals surface area contributed by atoms with E-state index in [1.54, 1.807) is 20.8 Å². The first kappa shape index (κ1) is 18.5. The summed E-state index contributed by atoms with van der Waals surface area (Å²) >= 11 is 0. The van der Waals surface area contributed by atoms with Crippen LogP contribution in [0.2, 0.25) is 0 Å². The number of pyridine rings is 1. The molecular formula is C16H21N3O6. The molecule has 2 rings (SSSR count). The van der Waals surface area contributed by atoms with Crippen molar-refractivity contribution in [3.63, 3.8) is 0 Å². The molecule has 2 N–H and O–H groups in total. The van der Waals surface area contributed by atoms with Gasteiger partial charge in [-0.1, -0.05) is 0 Å². The number of rotatable bonds is 3. The summed E-state index contributed by atoms with van der Waals surface area (Å²) in [5, 5.41) is 8.96. The summed E-state index contributed by atoms with van der Waals surface area (Å²) in [5.74, 6) is -1.96. The molecule has 1 aliphatic rings. The third kappa shape index (κ3) is 4.37. The molecule has 0 radical (unpaired) electrons. The van der Waals surface area contributed by atoms with Gasteiger partial charge < -0.3 is 9.84 Å². The number of aromatic carboxylic acids is 1. The fourth-order valence-corrected chi connectivity index (χ4v) is 2.52. The number of likely N-dealkylation sites (tertiary alicyclic amines) is 1. The zero-order chi connectivity index (χ0) is 18.8. The zero-order valence-corrected chi connectivity index (χ0v) is 14.3. The first-order valence-electron chi connectivity index (χ1n) is 7.85. The minimum Gasteiger partial charge on any atom is -0.477 e. The number of carboxylic acids is 1. The van der Waals surface area contributed by atoms with Gasteiger partial charge in [-0.3, -0.25) is 19.9 Å². The normalized spacial score (nSPS) is 17.2. The van der Waals surface area contributed by atoms with Crippen LogP contribution in [-0.4, -0.2) is 50.8 Å². The molecule has 1 aromatic rings. The van der Waals surface area contributed by atoms with Gasteiger partial charge in [-0.15, -0.1) is 0 Å². The Morgan fingerprint density at radius 1 is 1.32 bits per heavy atom. The van der Waals surface area contributed by atoms with Crippen LogP contribution in [0, 0.1) is 0 Å². The summed E-state index contributed by atoms with van der Waals surface area (Å²) < 4.78 is 6.09. The molecule has 0 bridgehead atoms. The number of carboxylic acid groups (broad SMARTS) is 1. The van der Waals surface area contributed by atoms with Gasteiger partial charge in [0.2, 0.25) is 0 Å². The zero-order valence-electron chi connectivity index (χ0n) is 14.3. The maximum Gasteiger partial charge on any atom is 0.410 e. The number of carbonyl (C=O) groups excluding carboxylic acids is 2. The lowest BCUT2D eigenvalue weighted by Crippen LogP contribution is -2.48. The van der Waals surface area contributed by atoms with E-state index < -0.39 is 40.7 Å². The number of ether oxygens (including phenoxy) is 1. The number of aromatic nitrogens is 1. The molecule has 136 valence electrons. The summed E-state index contributed by atoms with van der Waals surface area (Å²) in [7, 11) is 0. The fraction of sp³-hybridized carbons (Fsp3) is 0.500. The van der Waals surface area contributed by atoms with Crippen LogP contribution in [-0.2, 0) is 9.53 Å². The average Bonchev–Trinajstić information content (AvgIpc) is 2.97. The molecule has 1 atom stereocenters. The van der Waals surface area contributed by atoms with Crippen LogP contribution in [0.25, 0.3) is 0 Å². The van der Waals surface area contributed by atoms with Crippen molar-refractivity contribution >= 4 is 18.0 Å². The third-order valence-electron chi connectivity index (χ3n) is 3.59. The number of amides is 2. The van der Waals surface area contributed by atoms with E-state index >= 15 is 0 Å². The minimum atomic E-state index is -1.38. The van der Waals surface area contributed by atoms with Gasteiger partial charge >= 0.3 is 12.1 Å². The number of nitrogens with zero attached hydrogens (tertiary/aromatic N) is 2. The number of hydrogen-bond acceptors (Lipinski definition) is 5. The van der Waals surface area contributed by atoms with Crippen molar-refractivity contribution in [3.05, 3.63) is 34.2 Å². The van der Waals surface area contributed by atoms with Crippen molar-refractivity contribution in [1.82, 2.24) is 9.58 Å². The summed E-state index contributed by atoms with van der Waals surface area (Å²) in [6, 6.07) is 1.71. The molecule has 0 unspecified atom stereocenters. The second-order valence-corrected chi connectivity index (χ2v) is 6.71. The number of nitrogens with one attached hydrogen (secondary N) is 1. The van der Waals surface area contributed by atoms with Gasteiger partial charge in [0.25, 0.3) is 11.5 Å². The summed E-state index contributed by atoms with van der Waals surface area (Å²) in [4.78, 5) is 49.0. The van der Waals surface area contributed by atoms with Gasteiger partial charge in [0, 0.05) is 12.7 Å². The van der Waals surface area contributed by atoms with Gasteiger partial charge in [-0.25, -0.2) is 14.3 Å². The van der Waals surface area contributed by atoms with Crippen LogP contribution in [0.5, 0.6) is 0 Å². The van der Waals surface area contributed by atoms with Crippen LogP contribution in [0.1, 0.15) is 44.0 Å². The van der Waals surface area contributed by atoms with Gasteiger partial charge in [-0.05, 0) is 45.7 Å². The van der Waals surface area contributed by atoms with E-state index in [-0.39, 0.29) is 0 Å². The second kappa shape index (κ2) is 6.96. The first-order chi connectivity index (χ1) is 11.6. The van der Waals surface area contributed by atoms with Crippen molar-refractivity contribution in [3.8, 4) is 0 Å². The Bertz CT molecular complexity index is 749. The molecule has 0 aliphatic carbocycles. The number of carbonyl (C=O) groups is 3. The molecule has 2 heterocycles. The van der Waals surface area contributed by atoms with Crippen molar-refractivity contribution in [2.45, 2.75) is 45.3 Å². The second-order valence-electron chi connectivity index (χ2n) is 6.71. The van der Waals surface area contributed by atoms with Gasteiger partial charge in [0.15, 0.2) is 0 Å². The van der Waals surface area contributed by atoms with Gasteiger partial charge in [0.05, 0.1) is 0 Å². The summed E-state index contributed by atoms with van der Waals surface area (Å²) in [6.07, 6.45) is 1.70. The van der Waals surface area contributed by atoms with E-state index in [9.17, 15) is 19.2 Å². The Hall–Kier alpha value is -2.84. The highest BCUT2D eigenvalue weighted by Gasteiger charge is 2.36. The van der Waals surface area contributed by atoms with Crippen LogP contribution < -0.4 is 11.0 Å². The summed E-state index contributed by atoms with van der Waals surface area (Å²) in [6.45, 7) is 5.56. The van der Waals surface area contributed by atoms with Gasteiger partial charge in [0.1, 0.15) is 17.2 Å². The first-order valence-corrected chi connectivity index (χ1v) is 7.85. The lowest BCUT2D eigenvalue weighted by molar-refractivity contribution is -0.121. The number of hydrogen-bond donors (Lipinski definition) is 2. The standard InChI is InChI=1S/C16H21N3O6/c1-16(2,3)25-15(24)18-8-5-7-11(18)12(20)17-19-9-4-6-10(13(19)21)14(22)23/h4,6,9,11H,5,7-8H2,1-3H3,(H,17,20)(H,22,23)/t11-/m1/s1.